The van der Waals surface area contributed by atoms with Gasteiger partial charge in [-0.15, -0.1) is 34.0 Å². The van der Waals surface area contributed by atoms with Crippen molar-refractivity contribution >= 4 is 34.0 Å². The smallest absolute Gasteiger partial charge is 0.0919 e. The Morgan fingerprint density at radius 1 is 0.750 bits per heavy atom. The Labute approximate surface area is 91.4 Å². The van der Waals surface area contributed by atoms with Crippen LogP contribution in [0.3, 0.4) is 0 Å². The number of nitrogens with zero attached hydrogens (tertiary/aromatic N) is 2. The van der Waals surface area contributed by atoms with Gasteiger partial charge in [0.1, 0.15) is 0 Å². The van der Waals surface area contributed by atoms with Gasteiger partial charge in [-0.2, -0.15) is 0 Å². The predicted molar refractivity (Wildman–Crippen MR) is 57.8 cm³/mol. The van der Waals surface area contributed by atoms with Crippen LogP contribution in [0.1, 0.15) is 0 Å². The number of aromatic amines is 2. The molecule has 2 aromatic rings. The third kappa shape index (κ3) is 7.49. The van der Waals surface area contributed by atoms with Gasteiger partial charge in [0, 0.05) is 24.8 Å². The molecule has 0 bridgehead atoms. The standard InChI is InChI=1S/2C3H4N2.2BrH/c2*1-2-5-3-4-1;;/h2*1-3H,(H,4,5);2*1H. The molecule has 12 heavy (non-hydrogen) atoms. The molecule has 0 unspecified atom stereocenters. The molecule has 0 spiro atoms. The molecule has 0 aliphatic carbocycles. The van der Waals surface area contributed by atoms with Crippen molar-refractivity contribution in [1.82, 2.24) is 19.9 Å². The summed E-state index contributed by atoms with van der Waals surface area (Å²) in [7, 11) is 0. The van der Waals surface area contributed by atoms with Crippen LogP contribution < -0.4 is 0 Å². The van der Waals surface area contributed by atoms with Crippen LogP contribution in [0.5, 0.6) is 0 Å². The second-order valence-electron chi connectivity index (χ2n) is 1.52. The van der Waals surface area contributed by atoms with Crippen LogP contribution in [0.25, 0.3) is 0 Å². The van der Waals surface area contributed by atoms with E-state index in [0.717, 1.165) is 0 Å². The molecule has 0 saturated heterocycles. The van der Waals surface area contributed by atoms with Gasteiger partial charge in [0.2, 0.25) is 0 Å². The summed E-state index contributed by atoms with van der Waals surface area (Å²) in [4.78, 5) is 12.8. The fourth-order valence-electron chi connectivity index (χ4n) is 0.430. The number of hydrogen-bond acceptors (Lipinski definition) is 2. The van der Waals surface area contributed by atoms with E-state index in [4.69, 9.17) is 0 Å². The number of nitrogens with one attached hydrogen (secondary N) is 2. The summed E-state index contributed by atoms with van der Waals surface area (Å²) < 4.78 is 0. The van der Waals surface area contributed by atoms with Gasteiger partial charge in [0.15, 0.2) is 0 Å². The maximum Gasteiger partial charge on any atom is 0.0919 e. The molecule has 68 valence electrons. The van der Waals surface area contributed by atoms with Crippen LogP contribution in [0.15, 0.2) is 37.4 Å². The van der Waals surface area contributed by atoms with Crippen LogP contribution in [-0.4, -0.2) is 19.9 Å². The molecule has 0 aliphatic rings. The highest BCUT2D eigenvalue weighted by molar-refractivity contribution is 8.93. The average Bonchev–Trinajstić information content (AvgIpc) is 2.67. The molecule has 0 aliphatic heterocycles. The second-order valence-corrected chi connectivity index (χ2v) is 1.52. The lowest BCUT2D eigenvalue weighted by Gasteiger charge is -1.46. The first-order valence-corrected chi connectivity index (χ1v) is 2.85. The highest BCUT2D eigenvalue weighted by Gasteiger charge is 1.56. The Morgan fingerprint density at radius 2 is 1.17 bits per heavy atom. The largest absolute Gasteiger partial charge is 0.351 e. The van der Waals surface area contributed by atoms with Crippen LogP contribution in [0.2, 0.25) is 0 Å². The van der Waals surface area contributed by atoms with Gasteiger partial charge in [-0.05, 0) is 0 Å². The number of H-pyrrole nitrogens is 2. The first-order valence-electron chi connectivity index (χ1n) is 2.85. The second kappa shape index (κ2) is 10.4. The molecule has 0 atom stereocenters. The van der Waals surface area contributed by atoms with Gasteiger partial charge >= 0.3 is 0 Å². The SMILES string of the molecule is Br.Br.c1c[nH]cn1.c1c[nH]cn1. The molecule has 2 aromatic heterocycles. The van der Waals surface area contributed by atoms with E-state index in [0.29, 0.717) is 0 Å². The topological polar surface area (TPSA) is 57.4 Å². The summed E-state index contributed by atoms with van der Waals surface area (Å²) in [6.07, 6.45) is 10.2. The van der Waals surface area contributed by atoms with Crippen LogP contribution in [0, 0.1) is 0 Å². The van der Waals surface area contributed by atoms with E-state index in [1.165, 1.54) is 0 Å². The Kier molecular flexibility index (Phi) is 12.1. The number of aromatic nitrogens is 4. The zero-order valence-corrected chi connectivity index (χ0v) is 9.60. The molecule has 0 aromatic carbocycles. The fraction of sp³-hybridized carbons (Fsp3) is 0. The molecule has 2 rings (SSSR count). The highest BCUT2D eigenvalue weighted by Crippen LogP contribution is 1.63. The Morgan fingerprint density at radius 3 is 1.25 bits per heavy atom. The molecule has 0 amide bonds. The van der Waals surface area contributed by atoms with Gasteiger partial charge < -0.3 is 9.97 Å². The third-order valence-electron chi connectivity index (χ3n) is 0.812. The van der Waals surface area contributed by atoms with Crippen molar-refractivity contribution in [3.05, 3.63) is 37.4 Å². The lowest BCUT2D eigenvalue weighted by Crippen LogP contribution is -1.44. The molecule has 6 heteroatoms. The number of rotatable bonds is 0. The van der Waals surface area contributed by atoms with Gasteiger partial charge in [0.05, 0.1) is 12.7 Å². The summed E-state index contributed by atoms with van der Waals surface area (Å²) >= 11 is 0. The van der Waals surface area contributed by atoms with Gasteiger partial charge in [-0.1, -0.05) is 0 Å². The van der Waals surface area contributed by atoms with Crippen molar-refractivity contribution < 1.29 is 0 Å². The van der Waals surface area contributed by atoms with E-state index >= 15 is 0 Å². The van der Waals surface area contributed by atoms with E-state index < -0.39 is 0 Å². The van der Waals surface area contributed by atoms with E-state index in [1.807, 2.05) is 0 Å². The zero-order chi connectivity index (χ0) is 7.07. The minimum atomic E-state index is 0. The average molecular weight is 298 g/mol. The van der Waals surface area contributed by atoms with Gasteiger partial charge in [0.25, 0.3) is 0 Å². The van der Waals surface area contributed by atoms with Crippen LogP contribution in [0.4, 0.5) is 0 Å². The molecule has 0 saturated carbocycles. The van der Waals surface area contributed by atoms with Crippen molar-refractivity contribution in [2.45, 2.75) is 0 Å². The molecule has 2 heterocycles. The summed E-state index contributed by atoms with van der Waals surface area (Å²) in [5.41, 5.74) is 0. The summed E-state index contributed by atoms with van der Waals surface area (Å²) in [5, 5.41) is 0. The van der Waals surface area contributed by atoms with Crippen molar-refractivity contribution in [3.8, 4) is 0 Å². The van der Waals surface area contributed by atoms with E-state index in [-0.39, 0.29) is 34.0 Å². The molecular weight excluding hydrogens is 288 g/mol. The summed E-state index contributed by atoms with van der Waals surface area (Å²) in [5.74, 6) is 0. The molecule has 0 fully saturated rings. The van der Waals surface area contributed by atoms with Gasteiger partial charge in [-0.3, -0.25) is 0 Å². The van der Waals surface area contributed by atoms with Crippen LogP contribution in [-0.2, 0) is 0 Å². The predicted octanol–water partition coefficient (Wildman–Crippen LogP) is 1.98. The minimum absolute atomic E-state index is 0. The summed E-state index contributed by atoms with van der Waals surface area (Å²) in [6.45, 7) is 0. The first-order chi connectivity index (χ1) is 5.00. The monoisotopic (exact) mass is 296 g/mol. The van der Waals surface area contributed by atoms with Crippen molar-refractivity contribution in [3.63, 3.8) is 0 Å². The Bertz CT molecular complexity index is 157. The van der Waals surface area contributed by atoms with Crippen LogP contribution >= 0.6 is 34.0 Å². The Hall–Kier alpha value is -0.620. The maximum absolute atomic E-state index is 3.67. The normalized spacial score (nSPS) is 6.67. The zero-order valence-electron chi connectivity index (χ0n) is 6.18. The third-order valence-corrected chi connectivity index (χ3v) is 0.812. The lowest BCUT2D eigenvalue weighted by atomic mass is 11.0. The lowest BCUT2D eigenvalue weighted by molar-refractivity contribution is 1.31. The maximum atomic E-state index is 3.67. The number of halogens is 2. The molecule has 0 radical (unpaired) electrons. The molecular formula is C6H10Br2N4. The Balaban J connectivity index is 0. The molecule has 2 N–H and O–H groups in total. The van der Waals surface area contributed by atoms with Crippen molar-refractivity contribution in [2.75, 3.05) is 0 Å². The first kappa shape index (κ1) is 13.9. The number of hydrogen-bond donors (Lipinski definition) is 2. The summed E-state index contributed by atoms with van der Waals surface area (Å²) in [6, 6.07) is 0. The quantitative estimate of drug-likeness (QED) is 0.781. The molecule has 4 nitrogen and oxygen atoms in total. The van der Waals surface area contributed by atoms with Gasteiger partial charge in [-0.25, -0.2) is 9.97 Å². The van der Waals surface area contributed by atoms with E-state index in [1.54, 1.807) is 37.4 Å². The van der Waals surface area contributed by atoms with Crippen molar-refractivity contribution in [1.29, 1.82) is 0 Å². The van der Waals surface area contributed by atoms with E-state index in [9.17, 15) is 0 Å². The van der Waals surface area contributed by atoms with E-state index in [2.05, 4.69) is 19.9 Å². The fourth-order valence-corrected chi connectivity index (χ4v) is 0.430. The van der Waals surface area contributed by atoms with Crippen molar-refractivity contribution in [2.24, 2.45) is 0 Å². The number of imidazole rings is 2. The minimum Gasteiger partial charge on any atom is -0.351 e. The highest BCUT2D eigenvalue weighted by atomic mass is 79.9.